The molecule has 1 rings (SSSR count). The van der Waals surface area contributed by atoms with Gasteiger partial charge in [0.05, 0.1) is 17.3 Å². The minimum atomic E-state index is -1.62. The third kappa shape index (κ3) is 4.07. The van der Waals surface area contributed by atoms with Crippen LogP contribution in [-0.4, -0.2) is 22.8 Å². The van der Waals surface area contributed by atoms with Crippen molar-refractivity contribution in [1.82, 2.24) is 0 Å². The molecular weight excluding hydrogens is 280 g/mol. The van der Waals surface area contributed by atoms with Crippen LogP contribution in [-0.2, 0) is 9.59 Å². The Morgan fingerprint density at radius 1 is 1.53 bits per heavy atom. The minimum Gasteiger partial charge on any atom is -0.546 e. The molecule has 1 aromatic heterocycles. The number of nitrogens with two attached hydrogens (primary N) is 1. The number of anilines is 1. The molecule has 9 nitrogen and oxygen atoms in total. The summed E-state index contributed by atoms with van der Waals surface area (Å²) < 4.78 is 0. The largest absolute Gasteiger partial charge is 0.546 e. The Labute approximate surface area is 111 Å². The van der Waals surface area contributed by atoms with Crippen molar-refractivity contribution in [1.29, 1.82) is 0 Å². The molecule has 0 saturated carbocycles. The highest BCUT2D eigenvalue weighted by atomic mass is 35.5. The molecule has 0 unspecified atom stereocenters. The highest BCUT2D eigenvalue weighted by Gasteiger charge is 2.26. The number of primary amides is 1. The number of hydrogen-bond acceptors (Lipinski definition) is 6. The van der Waals surface area contributed by atoms with Gasteiger partial charge in [-0.3, -0.25) is 20.2 Å². The van der Waals surface area contributed by atoms with Crippen molar-refractivity contribution in [2.24, 2.45) is 5.73 Å². The van der Waals surface area contributed by atoms with Crippen LogP contribution in [0.1, 0.15) is 6.42 Å². The maximum atomic E-state index is 10.8. The van der Waals surface area contributed by atoms with Crippen LogP contribution in [0.5, 0.6) is 0 Å². The average molecular weight is 289 g/mol. The summed E-state index contributed by atoms with van der Waals surface area (Å²) in [5.41, 5.74) is 4.44. The van der Waals surface area contributed by atoms with E-state index in [9.17, 15) is 24.8 Å². The van der Waals surface area contributed by atoms with Crippen molar-refractivity contribution in [3.05, 3.63) is 27.4 Å². The molecule has 0 radical (unpaired) electrons. The second-order valence-corrected chi connectivity index (χ2v) is 3.92. The Morgan fingerprint density at radius 3 is 2.63 bits per heavy atom. The normalized spacial score (nSPS) is 11.6. The van der Waals surface area contributed by atoms with Crippen LogP contribution in [0.15, 0.2) is 12.1 Å². The van der Waals surface area contributed by atoms with Crippen molar-refractivity contribution in [3.8, 4) is 0 Å². The SMILES string of the molecule is NC(=O)C[C@H](Nc1[nH+]c(Cl)ccc1[N+](=O)[O-])C(=O)[O-]. The number of carbonyl (C=O) groups excluding carboxylic acids is 2. The molecule has 1 aromatic rings. The Kier molecular flexibility index (Phi) is 4.59. The number of carbonyl (C=O) groups is 2. The number of aromatic amines is 1. The average Bonchev–Trinajstić information content (AvgIpc) is 2.26. The van der Waals surface area contributed by atoms with E-state index in [-0.39, 0.29) is 11.0 Å². The van der Waals surface area contributed by atoms with Crippen molar-refractivity contribution < 1.29 is 24.6 Å². The van der Waals surface area contributed by atoms with Gasteiger partial charge in [0.15, 0.2) is 5.15 Å². The molecule has 1 amide bonds. The van der Waals surface area contributed by atoms with Crippen molar-refractivity contribution in [2.75, 3.05) is 5.32 Å². The molecule has 0 aromatic carbocycles. The second kappa shape index (κ2) is 5.96. The number of nitro groups is 1. The number of pyridine rings is 1. The van der Waals surface area contributed by atoms with Gasteiger partial charge in [-0.25, -0.2) is 4.98 Å². The predicted octanol–water partition coefficient (Wildman–Crippen LogP) is -1.53. The smallest absolute Gasteiger partial charge is 0.357 e. The first kappa shape index (κ1) is 14.6. The van der Waals surface area contributed by atoms with Gasteiger partial charge in [0.2, 0.25) is 5.91 Å². The van der Waals surface area contributed by atoms with E-state index in [1.54, 1.807) is 0 Å². The van der Waals surface area contributed by atoms with Gasteiger partial charge in [-0.2, -0.15) is 0 Å². The van der Waals surface area contributed by atoms with E-state index in [4.69, 9.17) is 17.3 Å². The van der Waals surface area contributed by atoms with Crippen LogP contribution < -0.4 is 21.1 Å². The number of hydrogen-bond donors (Lipinski definition) is 2. The number of aromatic nitrogens is 1. The first-order valence-electron chi connectivity index (χ1n) is 4.93. The van der Waals surface area contributed by atoms with E-state index in [2.05, 4.69) is 10.3 Å². The molecule has 0 fully saturated rings. The number of carboxylic acids is 1. The Morgan fingerprint density at radius 2 is 2.16 bits per heavy atom. The summed E-state index contributed by atoms with van der Waals surface area (Å²) in [6.07, 6.45) is -0.583. The quantitative estimate of drug-likeness (QED) is 0.368. The number of H-pyrrole nitrogens is 1. The van der Waals surface area contributed by atoms with Crippen molar-refractivity contribution in [3.63, 3.8) is 0 Å². The first-order valence-corrected chi connectivity index (χ1v) is 5.31. The van der Waals surface area contributed by atoms with Gasteiger partial charge >= 0.3 is 11.5 Å². The van der Waals surface area contributed by atoms with E-state index in [1.807, 2.05) is 0 Å². The van der Waals surface area contributed by atoms with Gasteiger partial charge in [0, 0.05) is 12.1 Å². The van der Waals surface area contributed by atoms with Crippen LogP contribution in [0.2, 0.25) is 5.15 Å². The number of nitrogens with zero attached hydrogens (tertiary/aromatic N) is 1. The first-order chi connectivity index (χ1) is 8.81. The van der Waals surface area contributed by atoms with Crippen molar-refractivity contribution in [2.45, 2.75) is 12.5 Å². The fourth-order valence-corrected chi connectivity index (χ4v) is 1.45. The van der Waals surface area contributed by atoms with E-state index in [1.165, 1.54) is 6.07 Å². The summed E-state index contributed by atoms with van der Waals surface area (Å²) >= 11 is 5.62. The molecule has 102 valence electrons. The Hall–Kier alpha value is -2.42. The van der Waals surface area contributed by atoms with E-state index < -0.39 is 34.9 Å². The summed E-state index contributed by atoms with van der Waals surface area (Å²) in [6.45, 7) is 0. The number of aliphatic carboxylic acids is 1. The predicted molar refractivity (Wildman–Crippen MR) is 60.9 cm³/mol. The lowest BCUT2D eigenvalue weighted by atomic mass is 10.2. The van der Waals surface area contributed by atoms with Gasteiger partial charge < -0.3 is 15.6 Å². The maximum absolute atomic E-state index is 10.8. The molecule has 0 bridgehead atoms. The summed E-state index contributed by atoms with van der Waals surface area (Å²) in [4.78, 5) is 33.9. The lowest BCUT2D eigenvalue weighted by Crippen LogP contribution is -2.44. The zero-order chi connectivity index (χ0) is 14.6. The van der Waals surface area contributed by atoms with E-state index in [0.717, 1.165) is 6.07 Å². The zero-order valence-electron chi connectivity index (χ0n) is 9.38. The third-order valence-corrected chi connectivity index (χ3v) is 2.31. The molecule has 1 heterocycles. The number of nitrogens with one attached hydrogen (secondary N) is 2. The Bertz CT molecular complexity index is 535. The zero-order valence-corrected chi connectivity index (χ0v) is 10.1. The molecule has 0 spiro atoms. The lowest BCUT2D eigenvalue weighted by Gasteiger charge is -2.13. The number of carboxylic acid groups (broad SMARTS) is 1. The summed E-state index contributed by atoms with van der Waals surface area (Å²) in [5.74, 6) is -2.78. The van der Waals surface area contributed by atoms with Gasteiger partial charge in [0.25, 0.3) is 0 Å². The van der Waals surface area contributed by atoms with Gasteiger partial charge in [-0.05, 0) is 11.6 Å². The molecular formula is C9H9ClN4O5. The van der Waals surface area contributed by atoms with Crippen LogP contribution in [0.3, 0.4) is 0 Å². The minimum absolute atomic E-state index is 0.0456. The molecule has 0 aliphatic rings. The molecule has 0 saturated heterocycles. The van der Waals surface area contributed by atoms with Gasteiger partial charge in [-0.1, -0.05) is 0 Å². The molecule has 0 aliphatic carbocycles. The lowest BCUT2D eigenvalue weighted by molar-refractivity contribution is -0.409. The van der Waals surface area contributed by atoms with Crippen molar-refractivity contribution >= 4 is 35.0 Å². The molecule has 10 heteroatoms. The van der Waals surface area contributed by atoms with E-state index >= 15 is 0 Å². The molecule has 1 atom stereocenters. The molecule has 0 aliphatic heterocycles. The molecule has 4 N–H and O–H groups in total. The summed E-state index contributed by atoms with van der Waals surface area (Å²) in [7, 11) is 0. The number of rotatable bonds is 6. The Balaban J connectivity index is 3.07. The second-order valence-electron chi connectivity index (χ2n) is 3.51. The van der Waals surface area contributed by atoms with Crippen LogP contribution in [0, 0.1) is 10.1 Å². The highest BCUT2D eigenvalue weighted by molar-refractivity contribution is 6.28. The number of amides is 1. The monoisotopic (exact) mass is 288 g/mol. The van der Waals surface area contributed by atoms with Crippen LogP contribution in [0.4, 0.5) is 11.5 Å². The van der Waals surface area contributed by atoms with E-state index in [0.29, 0.717) is 0 Å². The molecule has 19 heavy (non-hydrogen) atoms. The topological polar surface area (TPSA) is 153 Å². The highest BCUT2D eigenvalue weighted by Crippen LogP contribution is 2.21. The maximum Gasteiger partial charge on any atom is 0.357 e. The van der Waals surface area contributed by atoms with Gasteiger partial charge in [0.1, 0.15) is 6.04 Å². The number of halogens is 1. The van der Waals surface area contributed by atoms with Crippen LogP contribution in [0.25, 0.3) is 0 Å². The fourth-order valence-electron chi connectivity index (χ4n) is 1.29. The standard InChI is InChI=1S/C9H9ClN4O5/c10-6-2-1-5(14(18)19)8(13-6)12-4(9(16)17)3-7(11)15/h1-2,4H,3H2,(H2,11,15)(H,12,13)(H,16,17)/t4-/m0/s1. The summed E-state index contributed by atoms with van der Waals surface area (Å²) in [6, 6.07) is 0.802. The summed E-state index contributed by atoms with van der Waals surface area (Å²) in [5, 5.41) is 23.9. The van der Waals surface area contributed by atoms with Gasteiger partial charge in [-0.15, -0.1) is 0 Å². The fraction of sp³-hybridized carbons (Fsp3) is 0.222. The van der Waals surface area contributed by atoms with Crippen LogP contribution >= 0.6 is 11.6 Å². The third-order valence-electron chi connectivity index (χ3n) is 2.09.